The van der Waals surface area contributed by atoms with Gasteiger partial charge in [0.2, 0.25) is 5.91 Å². The first-order valence-electron chi connectivity index (χ1n) is 11.8. The van der Waals surface area contributed by atoms with Gasteiger partial charge in [-0.25, -0.2) is 0 Å². The molecule has 5 aliphatic rings. The monoisotopic (exact) mass is 422 g/mol. The first-order valence-corrected chi connectivity index (χ1v) is 12.2. The molecule has 4 heteroatoms. The molecule has 4 bridgehead atoms. The van der Waals surface area contributed by atoms with E-state index in [4.69, 9.17) is 11.6 Å². The molecular weight excluding hydrogens is 392 g/mol. The average Bonchev–Trinajstić information content (AvgIpc) is 3.47. The second kappa shape index (κ2) is 7.15. The molecule has 1 aromatic carbocycles. The highest BCUT2D eigenvalue weighted by Crippen LogP contribution is 2.61. The topological polar surface area (TPSA) is 25.2 Å². The molecular formula is C26H31ClN2O. The van der Waals surface area contributed by atoms with E-state index in [0.29, 0.717) is 11.9 Å². The predicted molar refractivity (Wildman–Crippen MR) is 119 cm³/mol. The summed E-state index contributed by atoms with van der Waals surface area (Å²) in [6.07, 6.45) is 12.1. The Morgan fingerprint density at radius 1 is 1.00 bits per heavy atom. The smallest absolute Gasteiger partial charge is 0.229 e. The lowest BCUT2D eigenvalue weighted by atomic mass is 9.49. The molecule has 3 nitrogen and oxygen atoms in total. The third kappa shape index (κ3) is 3.30. The van der Waals surface area contributed by atoms with Crippen LogP contribution in [0.25, 0.3) is 0 Å². The van der Waals surface area contributed by atoms with Crippen molar-refractivity contribution in [2.24, 2.45) is 23.2 Å². The molecule has 5 aliphatic carbocycles. The van der Waals surface area contributed by atoms with Gasteiger partial charge in [-0.05, 0) is 92.9 Å². The Bertz CT molecular complexity index is 924. The van der Waals surface area contributed by atoms with Crippen molar-refractivity contribution in [1.29, 1.82) is 0 Å². The molecule has 0 atom stereocenters. The van der Waals surface area contributed by atoms with Gasteiger partial charge in [0.05, 0.1) is 12.0 Å². The second-order valence-corrected chi connectivity index (χ2v) is 11.0. The molecule has 0 saturated heterocycles. The fourth-order valence-electron chi connectivity index (χ4n) is 7.16. The molecule has 30 heavy (non-hydrogen) atoms. The maximum Gasteiger partial charge on any atom is 0.229 e. The van der Waals surface area contributed by atoms with Crippen LogP contribution >= 0.6 is 11.6 Å². The van der Waals surface area contributed by atoms with Crippen LogP contribution in [0, 0.1) is 23.2 Å². The summed E-state index contributed by atoms with van der Waals surface area (Å²) in [6, 6.07) is 12.8. The molecule has 0 radical (unpaired) electrons. The third-order valence-electron chi connectivity index (χ3n) is 8.29. The summed E-state index contributed by atoms with van der Waals surface area (Å²) in [7, 11) is 0. The van der Waals surface area contributed by atoms with E-state index < -0.39 is 0 Å². The lowest BCUT2D eigenvalue weighted by molar-refractivity contribution is -0.159. The van der Waals surface area contributed by atoms with Crippen molar-refractivity contribution in [3.8, 4) is 0 Å². The summed E-state index contributed by atoms with van der Waals surface area (Å²) >= 11 is 6.41. The Kier molecular flexibility index (Phi) is 4.53. The highest BCUT2D eigenvalue weighted by Gasteiger charge is 2.56. The summed E-state index contributed by atoms with van der Waals surface area (Å²) in [4.78, 5) is 16.3. The van der Waals surface area contributed by atoms with E-state index >= 15 is 0 Å². The number of hydrogen-bond acceptors (Lipinski definition) is 1. The van der Waals surface area contributed by atoms with E-state index in [0.717, 1.165) is 60.7 Å². The number of aromatic nitrogens is 1. The summed E-state index contributed by atoms with van der Waals surface area (Å²) in [5.41, 5.74) is 2.30. The Labute approximate surface area is 184 Å². The van der Waals surface area contributed by atoms with E-state index in [1.807, 2.05) is 18.2 Å². The number of rotatable bonds is 6. The molecule has 0 N–H and O–H groups in total. The van der Waals surface area contributed by atoms with Crippen molar-refractivity contribution in [1.82, 2.24) is 9.47 Å². The lowest BCUT2D eigenvalue weighted by Crippen LogP contribution is -2.55. The Morgan fingerprint density at radius 2 is 1.67 bits per heavy atom. The minimum absolute atomic E-state index is 0.0441. The molecule has 1 heterocycles. The molecule has 5 fully saturated rings. The Balaban J connectivity index is 1.25. The maximum absolute atomic E-state index is 14.0. The summed E-state index contributed by atoms with van der Waals surface area (Å²) in [5.74, 6) is 2.91. The fraction of sp³-hybridized carbons (Fsp3) is 0.577. The maximum atomic E-state index is 14.0. The standard InChI is InChI=1S/C26H31ClN2O/c27-24-6-2-1-4-21(24)16-28-9-3-5-23(28)17-29(22-7-8-22)25(30)26-13-18-10-19(14-26)12-20(11-18)15-26/h1-6,9,18-20,22H,7-8,10-17H2. The molecule has 5 saturated carbocycles. The molecule has 1 aromatic heterocycles. The first-order chi connectivity index (χ1) is 14.6. The van der Waals surface area contributed by atoms with Crippen LogP contribution in [0.3, 0.4) is 0 Å². The van der Waals surface area contributed by atoms with E-state index in [2.05, 4.69) is 33.9 Å². The predicted octanol–water partition coefficient (Wildman–Crippen LogP) is 5.90. The van der Waals surface area contributed by atoms with Crippen molar-refractivity contribution in [3.05, 3.63) is 58.9 Å². The van der Waals surface area contributed by atoms with Crippen molar-refractivity contribution < 1.29 is 4.79 Å². The second-order valence-electron chi connectivity index (χ2n) is 10.6. The lowest BCUT2D eigenvalue weighted by Gasteiger charge is -2.56. The molecule has 2 aromatic rings. The van der Waals surface area contributed by atoms with Crippen molar-refractivity contribution in [3.63, 3.8) is 0 Å². The number of benzene rings is 1. The molecule has 1 amide bonds. The normalized spacial score (nSPS) is 31.8. The van der Waals surface area contributed by atoms with Gasteiger partial charge in [0, 0.05) is 29.5 Å². The van der Waals surface area contributed by atoms with Crippen LogP contribution in [0.15, 0.2) is 42.6 Å². The van der Waals surface area contributed by atoms with Gasteiger partial charge >= 0.3 is 0 Å². The van der Waals surface area contributed by atoms with Gasteiger partial charge in [0.1, 0.15) is 0 Å². The van der Waals surface area contributed by atoms with E-state index in [-0.39, 0.29) is 5.41 Å². The van der Waals surface area contributed by atoms with Gasteiger partial charge in [0.25, 0.3) is 0 Å². The van der Waals surface area contributed by atoms with Gasteiger partial charge in [-0.15, -0.1) is 0 Å². The Hall–Kier alpha value is -1.74. The van der Waals surface area contributed by atoms with Gasteiger partial charge < -0.3 is 9.47 Å². The third-order valence-corrected chi connectivity index (χ3v) is 8.66. The van der Waals surface area contributed by atoms with Crippen LogP contribution in [0.2, 0.25) is 5.02 Å². The average molecular weight is 423 g/mol. The van der Waals surface area contributed by atoms with Gasteiger partial charge in [0.15, 0.2) is 0 Å². The number of nitrogens with zero attached hydrogens (tertiary/aromatic N) is 2. The summed E-state index contributed by atoms with van der Waals surface area (Å²) < 4.78 is 2.27. The quantitative estimate of drug-likeness (QED) is 0.569. The zero-order chi connectivity index (χ0) is 20.3. The van der Waals surface area contributed by atoms with Crippen LogP contribution in [-0.2, 0) is 17.9 Å². The summed E-state index contributed by atoms with van der Waals surface area (Å²) in [5, 5.41) is 0.806. The van der Waals surface area contributed by atoms with Crippen LogP contribution in [0.1, 0.15) is 62.6 Å². The van der Waals surface area contributed by atoms with Crippen LogP contribution in [-0.4, -0.2) is 21.4 Å². The molecule has 7 rings (SSSR count). The number of amides is 1. The van der Waals surface area contributed by atoms with Crippen molar-refractivity contribution >= 4 is 17.5 Å². The Morgan fingerprint density at radius 3 is 2.30 bits per heavy atom. The van der Waals surface area contributed by atoms with E-state index in [9.17, 15) is 4.79 Å². The summed E-state index contributed by atoms with van der Waals surface area (Å²) in [6.45, 7) is 1.49. The largest absolute Gasteiger partial charge is 0.345 e. The number of carbonyl (C=O) groups is 1. The molecule has 0 unspecified atom stereocenters. The van der Waals surface area contributed by atoms with Crippen LogP contribution in [0.5, 0.6) is 0 Å². The minimum atomic E-state index is -0.0441. The van der Waals surface area contributed by atoms with E-state index in [1.54, 1.807) is 0 Å². The SMILES string of the molecule is O=C(N(Cc1cccn1Cc1ccccc1Cl)C1CC1)C12CC3CC(CC(C3)C1)C2. The highest BCUT2D eigenvalue weighted by molar-refractivity contribution is 6.31. The van der Waals surface area contributed by atoms with Crippen molar-refractivity contribution in [2.45, 2.75) is 70.5 Å². The molecule has 0 aliphatic heterocycles. The fourth-order valence-corrected chi connectivity index (χ4v) is 7.36. The number of halogens is 1. The molecule has 0 spiro atoms. The first kappa shape index (κ1) is 19.0. The van der Waals surface area contributed by atoms with Crippen molar-refractivity contribution in [2.75, 3.05) is 0 Å². The van der Waals surface area contributed by atoms with Crippen LogP contribution in [0.4, 0.5) is 0 Å². The van der Waals surface area contributed by atoms with Gasteiger partial charge in [-0.1, -0.05) is 29.8 Å². The van der Waals surface area contributed by atoms with E-state index in [1.165, 1.54) is 37.8 Å². The highest BCUT2D eigenvalue weighted by atomic mass is 35.5. The van der Waals surface area contributed by atoms with Gasteiger partial charge in [-0.2, -0.15) is 0 Å². The van der Waals surface area contributed by atoms with Gasteiger partial charge in [-0.3, -0.25) is 4.79 Å². The zero-order valence-electron chi connectivity index (χ0n) is 17.6. The number of carbonyl (C=O) groups excluding carboxylic acids is 1. The minimum Gasteiger partial charge on any atom is -0.345 e. The zero-order valence-corrected chi connectivity index (χ0v) is 18.4. The molecule has 158 valence electrons. The van der Waals surface area contributed by atoms with Crippen LogP contribution < -0.4 is 0 Å². The number of hydrogen-bond donors (Lipinski definition) is 0.